The summed E-state index contributed by atoms with van der Waals surface area (Å²) >= 11 is 0. The Labute approximate surface area is 476 Å². The fraction of sp³-hybridized carbons (Fsp3) is 0.704. The van der Waals surface area contributed by atoms with Gasteiger partial charge in [-0.25, -0.2) is 0 Å². The third-order valence-electron chi connectivity index (χ3n) is 13.7. The highest BCUT2D eigenvalue weighted by Gasteiger charge is 2.19. The van der Waals surface area contributed by atoms with Crippen LogP contribution in [0.3, 0.4) is 0 Å². The normalized spacial score (nSPS) is 12.8. The van der Waals surface area contributed by atoms with E-state index in [4.69, 9.17) is 14.2 Å². The topological polar surface area (TPSA) is 78.9 Å². The van der Waals surface area contributed by atoms with Crippen LogP contribution in [0, 0.1) is 0 Å². The molecule has 6 nitrogen and oxygen atoms in total. The third kappa shape index (κ3) is 62.8. The maximum atomic E-state index is 12.9. The number of carbonyl (C=O) groups excluding carboxylic acids is 3. The summed E-state index contributed by atoms with van der Waals surface area (Å²) in [6.07, 6.45) is 88.0. The molecule has 77 heavy (non-hydrogen) atoms. The minimum absolute atomic E-state index is 0.0909. The molecule has 0 fully saturated rings. The van der Waals surface area contributed by atoms with Crippen molar-refractivity contribution in [2.75, 3.05) is 13.2 Å². The van der Waals surface area contributed by atoms with Crippen LogP contribution in [-0.4, -0.2) is 37.2 Å². The Balaban J connectivity index is 4.41. The zero-order valence-corrected chi connectivity index (χ0v) is 50.4. The number of esters is 3. The van der Waals surface area contributed by atoms with Crippen molar-refractivity contribution in [1.82, 2.24) is 0 Å². The van der Waals surface area contributed by atoms with Crippen LogP contribution >= 0.6 is 0 Å². The van der Waals surface area contributed by atoms with Gasteiger partial charge in [-0.2, -0.15) is 0 Å². The first-order valence-corrected chi connectivity index (χ1v) is 32.4. The minimum Gasteiger partial charge on any atom is -0.462 e. The van der Waals surface area contributed by atoms with Crippen LogP contribution in [0.25, 0.3) is 0 Å². The zero-order valence-electron chi connectivity index (χ0n) is 50.4. The Morgan fingerprint density at radius 2 is 0.506 bits per heavy atom. The Hall–Kier alpha value is -3.93. The predicted octanol–water partition coefficient (Wildman–Crippen LogP) is 22.2. The van der Waals surface area contributed by atoms with E-state index in [0.29, 0.717) is 19.3 Å². The van der Waals surface area contributed by atoms with Gasteiger partial charge < -0.3 is 14.2 Å². The maximum absolute atomic E-state index is 12.9. The van der Waals surface area contributed by atoms with E-state index >= 15 is 0 Å². The Kier molecular flexibility index (Phi) is 61.3. The summed E-state index contributed by atoms with van der Waals surface area (Å²) in [5.41, 5.74) is 0. The van der Waals surface area contributed by atoms with Gasteiger partial charge in [0.2, 0.25) is 0 Å². The highest BCUT2D eigenvalue weighted by molar-refractivity contribution is 5.71. The molecular weight excluding hydrogens is 949 g/mol. The van der Waals surface area contributed by atoms with Crippen molar-refractivity contribution in [2.45, 2.75) is 309 Å². The van der Waals surface area contributed by atoms with Crippen LogP contribution in [-0.2, 0) is 28.6 Å². The van der Waals surface area contributed by atoms with Gasteiger partial charge in [0.15, 0.2) is 6.10 Å². The molecule has 0 amide bonds. The summed E-state index contributed by atoms with van der Waals surface area (Å²) in [6, 6.07) is 0. The van der Waals surface area contributed by atoms with E-state index in [1.165, 1.54) is 128 Å². The second-order valence-corrected chi connectivity index (χ2v) is 21.3. The fourth-order valence-corrected chi connectivity index (χ4v) is 8.88. The van der Waals surface area contributed by atoms with E-state index in [0.717, 1.165) is 135 Å². The van der Waals surface area contributed by atoms with Crippen LogP contribution < -0.4 is 0 Å². The zero-order chi connectivity index (χ0) is 55.7. The first kappa shape index (κ1) is 73.1. The van der Waals surface area contributed by atoms with E-state index in [1.807, 2.05) is 0 Å². The van der Waals surface area contributed by atoms with Crippen LogP contribution in [0.5, 0.6) is 0 Å². The van der Waals surface area contributed by atoms with Gasteiger partial charge in [0, 0.05) is 19.3 Å². The number of hydrogen-bond acceptors (Lipinski definition) is 6. The summed E-state index contributed by atoms with van der Waals surface area (Å²) in [4.78, 5) is 38.4. The van der Waals surface area contributed by atoms with Crippen LogP contribution in [0.15, 0.2) is 109 Å². The number of ether oxygens (including phenoxy) is 3. The number of unbranched alkanes of at least 4 members (excludes halogenated alkanes) is 29. The van der Waals surface area contributed by atoms with E-state index < -0.39 is 6.10 Å². The highest BCUT2D eigenvalue weighted by Crippen LogP contribution is 2.15. The van der Waals surface area contributed by atoms with Crippen LogP contribution in [0.2, 0.25) is 0 Å². The molecule has 440 valence electrons. The van der Waals surface area contributed by atoms with Gasteiger partial charge >= 0.3 is 17.9 Å². The van der Waals surface area contributed by atoms with Gasteiger partial charge in [0.1, 0.15) is 13.2 Å². The molecule has 0 aliphatic heterocycles. The largest absolute Gasteiger partial charge is 0.462 e. The molecule has 0 rings (SSSR count). The molecule has 0 saturated heterocycles. The van der Waals surface area contributed by atoms with Crippen LogP contribution in [0.4, 0.5) is 0 Å². The lowest BCUT2D eigenvalue weighted by Gasteiger charge is -2.18. The van der Waals surface area contributed by atoms with E-state index in [9.17, 15) is 14.4 Å². The number of allylic oxidation sites excluding steroid dienone is 18. The summed E-state index contributed by atoms with van der Waals surface area (Å²) in [6.45, 7) is 6.48. The number of hydrogen-bond donors (Lipinski definition) is 0. The molecule has 0 heterocycles. The second-order valence-electron chi connectivity index (χ2n) is 21.3. The maximum Gasteiger partial charge on any atom is 0.306 e. The van der Waals surface area contributed by atoms with Crippen LogP contribution in [0.1, 0.15) is 303 Å². The summed E-state index contributed by atoms with van der Waals surface area (Å²) in [7, 11) is 0. The van der Waals surface area contributed by atoms with Gasteiger partial charge in [-0.1, -0.05) is 265 Å². The standard InChI is InChI=1S/C71H120O6/c1-4-7-10-13-16-19-22-25-28-30-32-34-35-37-38-40-43-46-49-52-55-58-61-64-70(73)76-67-68(66-75-69(72)63-60-57-54-51-48-45-42-27-24-21-18-15-12-9-6-3)77-71(74)65-62-59-56-53-50-47-44-41-39-36-33-31-29-26-23-20-17-14-11-8-5-2/h7,10,16,18-19,21,23,25-28,31-34,39,41-42,68H,4-6,8-9,11-15,17,20,22,24,29-30,35-38,40,43-67H2,1-3H3/b10-7-,19-16-,21-18-,26-23-,28-25-,33-31-,34-32-,41-39-,42-27-. The van der Waals surface area contributed by atoms with Gasteiger partial charge in [-0.3, -0.25) is 14.4 Å². The first-order valence-electron chi connectivity index (χ1n) is 32.4. The van der Waals surface area contributed by atoms with Gasteiger partial charge in [-0.05, 0) is 128 Å². The molecule has 0 aliphatic carbocycles. The molecule has 0 radical (unpaired) electrons. The quantitative estimate of drug-likeness (QED) is 0.0261. The average molecular weight is 1070 g/mol. The fourth-order valence-electron chi connectivity index (χ4n) is 8.88. The Morgan fingerprint density at radius 3 is 0.818 bits per heavy atom. The Bertz CT molecular complexity index is 1560. The van der Waals surface area contributed by atoms with Gasteiger partial charge in [-0.15, -0.1) is 0 Å². The molecule has 0 aromatic heterocycles. The lowest BCUT2D eigenvalue weighted by molar-refractivity contribution is -0.167. The molecule has 0 aliphatic rings. The van der Waals surface area contributed by atoms with E-state index in [2.05, 4.69) is 130 Å². The molecule has 0 saturated carbocycles. The Morgan fingerprint density at radius 1 is 0.273 bits per heavy atom. The van der Waals surface area contributed by atoms with Crippen molar-refractivity contribution in [3.8, 4) is 0 Å². The van der Waals surface area contributed by atoms with Crippen molar-refractivity contribution < 1.29 is 28.6 Å². The molecule has 0 bridgehead atoms. The summed E-state index contributed by atoms with van der Waals surface area (Å²) < 4.78 is 16.9. The van der Waals surface area contributed by atoms with E-state index in [-0.39, 0.29) is 31.1 Å². The molecule has 0 N–H and O–H groups in total. The lowest BCUT2D eigenvalue weighted by atomic mass is 10.1. The van der Waals surface area contributed by atoms with E-state index in [1.54, 1.807) is 0 Å². The van der Waals surface area contributed by atoms with Crippen molar-refractivity contribution in [3.05, 3.63) is 109 Å². The molecular formula is C71H120O6. The molecule has 1 unspecified atom stereocenters. The molecule has 0 aromatic carbocycles. The third-order valence-corrected chi connectivity index (χ3v) is 13.7. The highest BCUT2D eigenvalue weighted by atomic mass is 16.6. The average Bonchev–Trinajstić information content (AvgIpc) is 3.43. The number of rotatable bonds is 58. The SMILES string of the molecule is CC/C=C\C/C=C\C/C=C\C/C=C\CCCCCCCCCCCCC(=O)OCC(COC(=O)CCCCCCC/C=C\C/C=C\CCCCC)OC(=O)CCCCCCCC/C=C\C/C=C\C/C=C\CCCCCCC. The van der Waals surface area contributed by atoms with Crippen molar-refractivity contribution >= 4 is 17.9 Å². The van der Waals surface area contributed by atoms with Crippen molar-refractivity contribution in [3.63, 3.8) is 0 Å². The van der Waals surface area contributed by atoms with Crippen molar-refractivity contribution in [1.29, 1.82) is 0 Å². The summed E-state index contributed by atoms with van der Waals surface area (Å²) in [5.74, 6) is -0.914. The monoisotopic (exact) mass is 1070 g/mol. The predicted molar refractivity (Wildman–Crippen MR) is 334 cm³/mol. The van der Waals surface area contributed by atoms with Gasteiger partial charge in [0.05, 0.1) is 0 Å². The first-order chi connectivity index (χ1) is 38.0. The van der Waals surface area contributed by atoms with Gasteiger partial charge in [0.25, 0.3) is 0 Å². The van der Waals surface area contributed by atoms with Crippen molar-refractivity contribution in [2.24, 2.45) is 0 Å². The number of carbonyl (C=O) groups is 3. The summed E-state index contributed by atoms with van der Waals surface area (Å²) in [5, 5.41) is 0. The molecule has 6 heteroatoms. The molecule has 0 spiro atoms. The lowest BCUT2D eigenvalue weighted by Crippen LogP contribution is -2.30. The second kappa shape index (κ2) is 64.6. The molecule has 1 atom stereocenters. The smallest absolute Gasteiger partial charge is 0.306 e. The minimum atomic E-state index is -0.796. The molecule has 0 aromatic rings.